The molecule has 0 aromatic heterocycles. The molecule has 0 saturated heterocycles. The molecule has 1 aliphatic carbocycles. The van der Waals surface area contributed by atoms with E-state index in [4.69, 9.17) is 27.0 Å². The lowest BCUT2D eigenvalue weighted by molar-refractivity contribution is 0.0463. The van der Waals surface area contributed by atoms with Crippen LogP contribution in [0, 0.1) is 11.7 Å². The van der Waals surface area contributed by atoms with Crippen molar-refractivity contribution >= 4 is 37.3 Å². The summed E-state index contributed by atoms with van der Waals surface area (Å²) in [4.78, 5) is 11.3. The Balaban J connectivity index is 2.13. The van der Waals surface area contributed by atoms with Gasteiger partial charge in [0.05, 0.1) is 22.1 Å². The molecule has 0 heterocycles. The van der Waals surface area contributed by atoms with Gasteiger partial charge in [0.15, 0.2) is 0 Å². The van der Waals surface area contributed by atoms with Gasteiger partial charge in [-0.3, -0.25) is 0 Å². The van der Waals surface area contributed by atoms with Crippen molar-refractivity contribution < 1.29 is 22.3 Å². The average Bonchev–Trinajstić information content (AvgIpc) is 2.33. The van der Waals surface area contributed by atoms with E-state index in [-0.39, 0.29) is 12.2 Å². The van der Waals surface area contributed by atoms with Gasteiger partial charge in [-0.25, -0.2) is 17.6 Å². The van der Waals surface area contributed by atoms with E-state index in [2.05, 4.69) is 0 Å². The van der Waals surface area contributed by atoms with E-state index in [1.807, 2.05) is 0 Å². The normalized spacial score (nSPS) is 15.6. The third-order valence-electron chi connectivity index (χ3n) is 3.49. The van der Waals surface area contributed by atoms with Crippen LogP contribution in [0.3, 0.4) is 0 Å². The molecule has 0 aliphatic heterocycles. The minimum Gasteiger partial charge on any atom is -0.462 e. The maximum Gasteiger partial charge on any atom is 0.339 e. The van der Waals surface area contributed by atoms with E-state index in [9.17, 15) is 17.6 Å². The molecule has 0 unspecified atom stereocenters. The van der Waals surface area contributed by atoms with Gasteiger partial charge in [0, 0.05) is 10.7 Å². The van der Waals surface area contributed by atoms with Crippen LogP contribution in [0.25, 0.3) is 0 Å². The molecule has 1 aliphatic rings. The van der Waals surface area contributed by atoms with Crippen LogP contribution in [0.2, 0.25) is 5.02 Å². The average molecular weight is 355 g/mol. The maximum absolute atomic E-state index is 13.6. The van der Waals surface area contributed by atoms with Crippen molar-refractivity contribution in [3.05, 3.63) is 28.5 Å². The van der Waals surface area contributed by atoms with E-state index >= 15 is 0 Å². The maximum atomic E-state index is 13.6. The molecular weight excluding hydrogens is 342 g/mol. The summed E-state index contributed by atoms with van der Waals surface area (Å²) in [5.41, 5.74) is -0.343. The van der Waals surface area contributed by atoms with Crippen LogP contribution in [-0.4, -0.2) is 21.0 Å². The van der Waals surface area contributed by atoms with Crippen molar-refractivity contribution in [1.29, 1.82) is 0 Å². The standard InChI is InChI=1S/C13H13Cl2FO4S/c14-12-10(6-9(7-11(12)16)21(15,18)19)13(17)20-5-4-8-2-1-3-8/h6-8H,1-5H2. The molecule has 2 rings (SSSR count). The van der Waals surface area contributed by atoms with E-state index in [0.29, 0.717) is 12.0 Å². The molecule has 0 atom stereocenters. The van der Waals surface area contributed by atoms with Gasteiger partial charge < -0.3 is 4.74 Å². The SMILES string of the molecule is O=C(OCCC1CCC1)c1cc(S(=O)(=O)Cl)cc(F)c1Cl. The summed E-state index contributed by atoms with van der Waals surface area (Å²) in [6.07, 6.45) is 4.16. The third kappa shape index (κ3) is 4.08. The zero-order valence-electron chi connectivity index (χ0n) is 10.9. The fourth-order valence-corrected chi connectivity index (χ4v) is 2.99. The molecule has 0 bridgehead atoms. The van der Waals surface area contributed by atoms with Crippen LogP contribution in [0.5, 0.6) is 0 Å². The molecule has 1 fully saturated rings. The second kappa shape index (κ2) is 6.50. The molecule has 0 spiro atoms. The van der Waals surface area contributed by atoms with Crippen molar-refractivity contribution in [3.63, 3.8) is 0 Å². The summed E-state index contributed by atoms with van der Waals surface area (Å²) in [5.74, 6) is -1.34. The van der Waals surface area contributed by atoms with Crippen LogP contribution in [0.1, 0.15) is 36.0 Å². The number of ether oxygens (including phenoxy) is 1. The molecule has 0 N–H and O–H groups in total. The molecule has 0 radical (unpaired) electrons. The van der Waals surface area contributed by atoms with E-state index in [1.165, 1.54) is 6.42 Å². The fourth-order valence-electron chi connectivity index (χ4n) is 2.03. The van der Waals surface area contributed by atoms with Gasteiger partial charge in [0.2, 0.25) is 0 Å². The quantitative estimate of drug-likeness (QED) is 0.596. The van der Waals surface area contributed by atoms with Crippen molar-refractivity contribution in [2.75, 3.05) is 6.61 Å². The number of halogens is 3. The monoisotopic (exact) mass is 354 g/mol. The third-order valence-corrected chi connectivity index (χ3v) is 5.20. The Labute approximate surface area is 131 Å². The summed E-state index contributed by atoms with van der Waals surface area (Å²) in [5, 5.41) is -0.479. The Bertz CT molecular complexity index is 656. The Kier molecular flexibility index (Phi) is 5.11. The van der Waals surface area contributed by atoms with Crippen LogP contribution in [0.4, 0.5) is 4.39 Å². The summed E-state index contributed by atoms with van der Waals surface area (Å²) in [6.45, 7) is 0.194. The highest BCUT2D eigenvalue weighted by Crippen LogP contribution is 2.30. The predicted molar refractivity (Wildman–Crippen MR) is 76.7 cm³/mol. The molecule has 0 amide bonds. The summed E-state index contributed by atoms with van der Waals surface area (Å²) in [6, 6.07) is 1.58. The minimum atomic E-state index is -4.16. The van der Waals surface area contributed by atoms with Crippen molar-refractivity contribution in [2.45, 2.75) is 30.6 Å². The zero-order valence-corrected chi connectivity index (χ0v) is 13.3. The van der Waals surface area contributed by atoms with Crippen molar-refractivity contribution in [3.8, 4) is 0 Å². The molecule has 1 aromatic rings. The van der Waals surface area contributed by atoms with E-state index in [1.54, 1.807) is 0 Å². The Morgan fingerprint density at radius 3 is 2.57 bits per heavy atom. The Morgan fingerprint density at radius 1 is 1.38 bits per heavy atom. The zero-order chi connectivity index (χ0) is 15.6. The lowest BCUT2D eigenvalue weighted by atomic mass is 9.83. The van der Waals surface area contributed by atoms with Gasteiger partial charge in [-0.1, -0.05) is 30.9 Å². The van der Waals surface area contributed by atoms with E-state index in [0.717, 1.165) is 25.3 Å². The van der Waals surface area contributed by atoms with Gasteiger partial charge in [0.1, 0.15) is 5.82 Å². The highest BCUT2D eigenvalue weighted by molar-refractivity contribution is 8.13. The number of carbonyl (C=O) groups is 1. The first-order valence-corrected chi connectivity index (χ1v) is 9.08. The Morgan fingerprint density at radius 2 is 2.05 bits per heavy atom. The lowest BCUT2D eigenvalue weighted by Gasteiger charge is -2.24. The molecule has 21 heavy (non-hydrogen) atoms. The van der Waals surface area contributed by atoms with Gasteiger partial charge in [-0.2, -0.15) is 0 Å². The summed E-state index contributed by atoms with van der Waals surface area (Å²) in [7, 11) is 0.981. The molecule has 1 saturated carbocycles. The molecule has 4 nitrogen and oxygen atoms in total. The molecule has 116 valence electrons. The van der Waals surface area contributed by atoms with Gasteiger partial charge in [-0.15, -0.1) is 0 Å². The number of hydrogen-bond acceptors (Lipinski definition) is 4. The van der Waals surface area contributed by atoms with Crippen LogP contribution >= 0.6 is 22.3 Å². The number of benzene rings is 1. The van der Waals surface area contributed by atoms with Gasteiger partial charge in [0.25, 0.3) is 9.05 Å². The minimum absolute atomic E-state index is 0.194. The first-order chi connectivity index (χ1) is 9.79. The van der Waals surface area contributed by atoms with Gasteiger partial charge >= 0.3 is 5.97 Å². The van der Waals surface area contributed by atoms with Crippen molar-refractivity contribution in [2.24, 2.45) is 5.92 Å². The number of carbonyl (C=O) groups excluding carboxylic acids is 1. The molecule has 1 aromatic carbocycles. The first kappa shape index (κ1) is 16.5. The highest BCUT2D eigenvalue weighted by atomic mass is 35.7. The second-order valence-electron chi connectivity index (χ2n) is 4.93. The van der Waals surface area contributed by atoms with Gasteiger partial charge in [-0.05, 0) is 24.5 Å². The number of rotatable bonds is 5. The smallest absolute Gasteiger partial charge is 0.339 e. The fraction of sp³-hybridized carbons (Fsp3) is 0.462. The lowest BCUT2D eigenvalue weighted by Crippen LogP contribution is -2.16. The number of esters is 1. The topological polar surface area (TPSA) is 60.4 Å². The van der Waals surface area contributed by atoms with Crippen molar-refractivity contribution in [1.82, 2.24) is 0 Å². The van der Waals surface area contributed by atoms with Crippen LogP contribution in [-0.2, 0) is 13.8 Å². The van der Waals surface area contributed by atoms with Crippen LogP contribution < -0.4 is 0 Å². The molecular formula is C13H13Cl2FO4S. The highest BCUT2D eigenvalue weighted by Gasteiger charge is 2.22. The number of hydrogen-bond donors (Lipinski definition) is 0. The second-order valence-corrected chi connectivity index (χ2v) is 7.87. The molecule has 8 heteroatoms. The Hall–Kier alpha value is -0.850. The first-order valence-electron chi connectivity index (χ1n) is 6.40. The summed E-state index contributed by atoms with van der Waals surface area (Å²) >= 11 is 5.68. The summed E-state index contributed by atoms with van der Waals surface area (Å²) < 4.78 is 41.0. The predicted octanol–water partition coefficient (Wildman–Crippen LogP) is 3.75. The van der Waals surface area contributed by atoms with E-state index < -0.39 is 30.8 Å². The largest absolute Gasteiger partial charge is 0.462 e. The van der Waals surface area contributed by atoms with Crippen LogP contribution in [0.15, 0.2) is 17.0 Å².